The molecule has 1 rings (SSSR count). The molecule has 0 N–H and O–H groups in total. The van der Waals surface area contributed by atoms with Crippen molar-refractivity contribution in [2.75, 3.05) is 12.4 Å². The van der Waals surface area contributed by atoms with Crippen molar-refractivity contribution < 1.29 is 4.74 Å². The molecule has 0 aromatic carbocycles. The molecule has 2 heteroatoms. The Morgan fingerprint density at radius 1 is 1.67 bits per heavy atom. The fourth-order valence-corrected chi connectivity index (χ4v) is 2.27. The molecule has 1 nitrogen and oxygen atoms in total. The van der Waals surface area contributed by atoms with Crippen LogP contribution in [0.1, 0.15) is 26.7 Å². The van der Waals surface area contributed by atoms with Gasteiger partial charge >= 0.3 is 0 Å². The van der Waals surface area contributed by atoms with E-state index in [0.29, 0.717) is 0 Å². The van der Waals surface area contributed by atoms with E-state index in [1.54, 1.807) is 0 Å². The minimum Gasteiger partial charge on any atom is -0.364 e. The molecule has 0 aromatic heterocycles. The van der Waals surface area contributed by atoms with E-state index < -0.39 is 0 Å². The zero-order valence-corrected chi connectivity index (χ0v) is 6.96. The third-order valence-electron chi connectivity index (χ3n) is 1.60. The summed E-state index contributed by atoms with van der Waals surface area (Å²) >= 11 is 1.95. The maximum atomic E-state index is 5.54. The first kappa shape index (κ1) is 7.42. The summed E-state index contributed by atoms with van der Waals surface area (Å²) < 4.78 is 5.54. The van der Waals surface area contributed by atoms with Gasteiger partial charge in [-0.05, 0) is 13.3 Å². The highest BCUT2D eigenvalue weighted by Crippen LogP contribution is 2.35. The van der Waals surface area contributed by atoms with Crippen LogP contribution in [0.5, 0.6) is 0 Å². The van der Waals surface area contributed by atoms with E-state index in [4.69, 9.17) is 4.74 Å². The van der Waals surface area contributed by atoms with E-state index >= 15 is 0 Å². The van der Waals surface area contributed by atoms with Crippen LogP contribution in [0.3, 0.4) is 0 Å². The molecule has 0 aliphatic carbocycles. The maximum Gasteiger partial charge on any atom is 0.111 e. The molecule has 0 amide bonds. The topological polar surface area (TPSA) is 9.23 Å². The summed E-state index contributed by atoms with van der Waals surface area (Å²) in [6, 6.07) is 0. The summed E-state index contributed by atoms with van der Waals surface area (Å²) in [7, 11) is 0. The van der Waals surface area contributed by atoms with Crippen molar-refractivity contribution in [1.82, 2.24) is 0 Å². The molecular formula is C7H14OS. The van der Waals surface area contributed by atoms with Crippen LogP contribution < -0.4 is 0 Å². The highest BCUT2D eigenvalue weighted by molar-refractivity contribution is 8.00. The Morgan fingerprint density at radius 3 is 2.89 bits per heavy atom. The van der Waals surface area contributed by atoms with Gasteiger partial charge in [-0.3, -0.25) is 0 Å². The van der Waals surface area contributed by atoms with Crippen molar-refractivity contribution >= 4 is 11.8 Å². The van der Waals surface area contributed by atoms with Crippen LogP contribution in [0.25, 0.3) is 0 Å². The Hall–Kier alpha value is 0.310. The first-order valence-electron chi connectivity index (χ1n) is 3.55. The van der Waals surface area contributed by atoms with Crippen molar-refractivity contribution in [3.63, 3.8) is 0 Å². The molecular weight excluding hydrogens is 132 g/mol. The molecule has 1 unspecified atom stereocenters. The van der Waals surface area contributed by atoms with E-state index in [2.05, 4.69) is 13.8 Å². The van der Waals surface area contributed by atoms with Crippen molar-refractivity contribution in [3.05, 3.63) is 0 Å². The highest BCUT2D eigenvalue weighted by atomic mass is 32.2. The van der Waals surface area contributed by atoms with Gasteiger partial charge in [0.1, 0.15) is 4.93 Å². The van der Waals surface area contributed by atoms with Crippen LogP contribution >= 0.6 is 11.8 Å². The summed E-state index contributed by atoms with van der Waals surface area (Å²) in [4.78, 5) is 0.161. The summed E-state index contributed by atoms with van der Waals surface area (Å²) in [6.07, 6.45) is 2.42. The van der Waals surface area contributed by atoms with Crippen LogP contribution in [0, 0.1) is 0 Å². The van der Waals surface area contributed by atoms with Gasteiger partial charge in [0.2, 0.25) is 0 Å². The van der Waals surface area contributed by atoms with Crippen LogP contribution in [-0.4, -0.2) is 17.3 Å². The van der Waals surface area contributed by atoms with Crippen molar-refractivity contribution in [1.29, 1.82) is 0 Å². The SMILES string of the molecule is CCCC1(C)OCCS1. The van der Waals surface area contributed by atoms with Gasteiger partial charge in [-0.15, -0.1) is 11.8 Å². The number of hydrogen-bond donors (Lipinski definition) is 0. The molecule has 0 bridgehead atoms. The molecule has 1 fully saturated rings. The average Bonchev–Trinajstić information content (AvgIpc) is 2.16. The molecule has 0 radical (unpaired) electrons. The van der Waals surface area contributed by atoms with Crippen LogP contribution in [-0.2, 0) is 4.74 Å². The quantitative estimate of drug-likeness (QED) is 0.591. The van der Waals surface area contributed by atoms with Crippen molar-refractivity contribution in [3.8, 4) is 0 Å². The van der Waals surface area contributed by atoms with Gasteiger partial charge in [-0.25, -0.2) is 0 Å². The molecule has 1 aliphatic heterocycles. The highest BCUT2D eigenvalue weighted by Gasteiger charge is 2.28. The molecule has 1 saturated heterocycles. The molecule has 1 heterocycles. The summed E-state index contributed by atoms with van der Waals surface area (Å²) in [6.45, 7) is 5.34. The predicted molar refractivity (Wildman–Crippen MR) is 41.7 cm³/mol. The second-order valence-electron chi connectivity index (χ2n) is 2.58. The lowest BCUT2D eigenvalue weighted by Crippen LogP contribution is -2.17. The Balaban J connectivity index is 2.32. The lowest BCUT2D eigenvalue weighted by molar-refractivity contribution is 0.0590. The number of thioether (sulfide) groups is 1. The zero-order valence-electron chi connectivity index (χ0n) is 6.14. The number of hydrogen-bond acceptors (Lipinski definition) is 2. The lowest BCUT2D eigenvalue weighted by Gasteiger charge is -2.20. The summed E-state index contributed by atoms with van der Waals surface area (Å²) in [5.74, 6) is 1.18. The van der Waals surface area contributed by atoms with E-state index in [-0.39, 0.29) is 4.93 Å². The minimum absolute atomic E-state index is 0.161. The molecule has 0 aromatic rings. The van der Waals surface area contributed by atoms with Gasteiger partial charge in [-0.2, -0.15) is 0 Å². The Labute approximate surface area is 61.2 Å². The lowest BCUT2D eigenvalue weighted by atomic mass is 10.2. The van der Waals surface area contributed by atoms with Gasteiger partial charge < -0.3 is 4.74 Å². The second kappa shape index (κ2) is 2.93. The van der Waals surface area contributed by atoms with Crippen LogP contribution in [0.15, 0.2) is 0 Å². The van der Waals surface area contributed by atoms with Gasteiger partial charge in [0.25, 0.3) is 0 Å². The Morgan fingerprint density at radius 2 is 2.44 bits per heavy atom. The fourth-order valence-electron chi connectivity index (χ4n) is 1.16. The Kier molecular flexibility index (Phi) is 2.42. The van der Waals surface area contributed by atoms with E-state index in [1.165, 1.54) is 18.6 Å². The third kappa shape index (κ3) is 1.87. The molecule has 1 aliphatic rings. The van der Waals surface area contributed by atoms with E-state index in [0.717, 1.165) is 6.61 Å². The monoisotopic (exact) mass is 146 g/mol. The third-order valence-corrected chi connectivity index (χ3v) is 2.91. The van der Waals surface area contributed by atoms with Gasteiger partial charge in [-0.1, -0.05) is 13.3 Å². The minimum atomic E-state index is 0.161. The second-order valence-corrected chi connectivity index (χ2v) is 4.14. The van der Waals surface area contributed by atoms with Crippen LogP contribution in [0.2, 0.25) is 0 Å². The zero-order chi connectivity index (χ0) is 6.74. The predicted octanol–water partition coefficient (Wildman–Crippen LogP) is 2.27. The molecule has 9 heavy (non-hydrogen) atoms. The average molecular weight is 146 g/mol. The normalized spacial score (nSPS) is 35.3. The first-order valence-corrected chi connectivity index (χ1v) is 4.53. The number of rotatable bonds is 2. The van der Waals surface area contributed by atoms with Gasteiger partial charge in [0.15, 0.2) is 0 Å². The fraction of sp³-hybridized carbons (Fsp3) is 1.00. The molecule has 0 spiro atoms. The Bertz CT molecular complexity index is 86.9. The summed E-state index contributed by atoms with van der Waals surface area (Å²) in [5, 5.41) is 0. The first-order chi connectivity index (χ1) is 4.27. The molecule has 0 saturated carbocycles. The number of ether oxygens (including phenoxy) is 1. The standard InChI is InChI=1S/C7H14OS/c1-3-4-7(2)8-5-6-9-7/h3-6H2,1-2H3. The molecule has 1 atom stereocenters. The van der Waals surface area contributed by atoms with Gasteiger partial charge in [0, 0.05) is 5.75 Å². The van der Waals surface area contributed by atoms with Gasteiger partial charge in [0.05, 0.1) is 6.61 Å². The smallest absolute Gasteiger partial charge is 0.111 e. The summed E-state index contributed by atoms with van der Waals surface area (Å²) in [5.41, 5.74) is 0. The van der Waals surface area contributed by atoms with Crippen molar-refractivity contribution in [2.24, 2.45) is 0 Å². The van der Waals surface area contributed by atoms with E-state index in [9.17, 15) is 0 Å². The van der Waals surface area contributed by atoms with Crippen molar-refractivity contribution in [2.45, 2.75) is 31.6 Å². The maximum absolute atomic E-state index is 5.54. The van der Waals surface area contributed by atoms with E-state index in [1.807, 2.05) is 11.8 Å². The molecule has 54 valence electrons. The van der Waals surface area contributed by atoms with Crippen LogP contribution in [0.4, 0.5) is 0 Å². The largest absolute Gasteiger partial charge is 0.364 e.